The minimum atomic E-state index is -0.964. The van der Waals surface area contributed by atoms with Crippen LogP contribution in [0.25, 0.3) is 0 Å². The van der Waals surface area contributed by atoms with Gasteiger partial charge in [-0.3, -0.25) is 0 Å². The van der Waals surface area contributed by atoms with Gasteiger partial charge in [0, 0.05) is 17.5 Å². The van der Waals surface area contributed by atoms with Crippen LogP contribution in [0.15, 0.2) is 23.7 Å². The van der Waals surface area contributed by atoms with E-state index in [1.54, 1.807) is 23.5 Å². The minimum Gasteiger partial charge on any atom is -0.478 e. The largest absolute Gasteiger partial charge is 0.478 e. The Labute approximate surface area is 120 Å². The Morgan fingerprint density at radius 2 is 2.30 bits per heavy atom. The highest BCUT2D eigenvalue weighted by Gasteiger charge is 2.22. The van der Waals surface area contributed by atoms with Gasteiger partial charge in [-0.1, -0.05) is 6.42 Å². The standard InChI is InChI=1S/C14H15N3O2S/c18-14(19)10-4-5-12(15-6-10)16-7-11-8-20-13(17-11)9-2-1-3-9/h4-6,8-9H,1-3,7H2,(H,15,16)(H,18,19). The Morgan fingerprint density at radius 1 is 1.45 bits per heavy atom. The lowest BCUT2D eigenvalue weighted by molar-refractivity contribution is 0.0696. The highest BCUT2D eigenvalue weighted by atomic mass is 32.1. The zero-order valence-electron chi connectivity index (χ0n) is 10.9. The van der Waals surface area contributed by atoms with E-state index >= 15 is 0 Å². The summed E-state index contributed by atoms with van der Waals surface area (Å²) in [6, 6.07) is 3.21. The van der Waals surface area contributed by atoms with Crippen molar-refractivity contribution in [3.05, 3.63) is 40.0 Å². The van der Waals surface area contributed by atoms with Gasteiger partial charge >= 0.3 is 5.97 Å². The summed E-state index contributed by atoms with van der Waals surface area (Å²) in [5, 5.41) is 15.3. The molecular formula is C14H15N3O2S. The molecule has 0 aromatic carbocycles. The molecular weight excluding hydrogens is 274 g/mol. The molecule has 20 heavy (non-hydrogen) atoms. The van der Waals surface area contributed by atoms with Crippen molar-refractivity contribution in [1.82, 2.24) is 9.97 Å². The molecule has 0 amide bonds. The lowest BCUT2D eigenvalue weighted by atomic mass is 9.86. The molecule has 3 rings (SSSR count). The third-order valence-electron chi connectivity index (χ3n) is 3.48. The third kappa shape index (κ3) is 2.80. The Balaban J connectivity index is 1.58. The van der Waals surface area contributed by atoms with Gasteiger partial charge in [0.2, 0.25) is 0 Å². The van der Waals surface area contributed by atoms with Gasteiger partial charge in [-0.05, 0) is 25.0 Å². The van der Waals surface area contributed by atoms with Crippen LogP contribution in [-0.4, -0.2) is 21.0 Å². The van der Waals surface area contributed by atoms with Crippen molar-refractivity contribution in [3.63, 3.8) is 0 Å². The summed E-state index contributed by atoms with van der Waals surface area (Å²) in [4.78, 5) is 19.4. The van der Waals surface area contributed by atoms with Crippen molar-refractivity contribution in [2.24, 2.45) is 0 Å². The van der Waals surface area contributed by atoms with Crippen LogP contribution >= 0.6 is 11.3 Å². The topological polar surface area (TPSA) is 75.1 Å². The Morgan fingerprint density at radius 3 is 2.90 bits per heavy atom. The maximum Gasteiger partial charge on any atom is 0.337 e. The molecule has 0 aliphatic heterocycles. The van der Waals surface area contributed by atoms with E-state index in [-0.39, 0.29) is 5.56 Å². The van der Waals surface area contributed by atoms with Gasteiger partial charge in [0.25, 0.3) is 0 Å². The fourth-order valence-corrected chi connectivity index (χ4v) is 3.04. The lowest BCUT2D eigenvalue weighted by Gasteiger charge is -2.22. The van der Waals surface area contributed by atoms with Gasteiger partial charge in [-0.15, -0.1) is 11.3 Å². The molecule has 2 N–H and O–H groups in total. The predicted octanol–water partition coefficient (Wildman–Crippen LogP) is 3.12. The molecule has 0 unspecified atom stereocenters. The first kappa shape index (κ1) is 13.1. The normalized spacial score (nSPS) is 14.8. The van der Waals surface area contributed by atoms with Crippen LogP contribution in [0.5, 0.6) is 0 Å². The van der Waals surface area contributed by atoms with E-state index < -0.39 is 5.97 Å². The number of nitrogens with zero attached hydrogens (tertiary/aromatic N) is 2. The monoisotopic (exact) mass is 289 g/mol. The van der Waals surface area contributed by atoms with Gasteiger partial charge in [-0.2, -0.15) is 0 Å². The molecule has 2 heterocycles. The fraction of sp³-hybridized carbons (Fsp3) is 0.357. The predicted molar refractivity (Wildman–Crippen MR) is 77.2 cm³/mol. The molecule has 0 bridgehead atoms. The summed E-state index contributed by atoms with van der Waals surface area (Å²) in [5.41, 5.74) is 1.21. The minimum absolute atomic E-state index is 0.191. The summed E-state index contributed by atoms with van der Waals surface area (Å²) in [5.74, 6) is 0.364. The molecule has 0 saturated heterocycles. The third-order valence-corrected chi connectivity index (χ3v) is 4.54. The van der Waals surface area contributed by atoms with Crippen LogP contribution in [0.2, 0.25) is 0 Å². The molecule has 0 spiro atoms. The first-order chi connectivity index (χ1) is 9.72. The first-order valence-electron chi connectivity index (χ1n) is 6.60. The highest BCUT2D eigenvalue weighted by Crippen LogP contribution is 2.37. The van der Waals surface area contributed by atoms with Crippen LogP contribution in [0, 0.1) is 0 Å². The first-order valence-corrected chi connectivity index (χ1v) is 7.48. The zero-order chi connectivity index (χ0) is 13.9. The number of thiazole rings is 1. The van der Waals surface area contributed by atoms with E-state index in [9.17, 15) is 4.79 Å². The van der Waals surface area contributed by atoms with E-state index in [4.69, 9.17) is 5.11 Å². The smallest absolute Gasteiger partial charge is 0.337 e. The number of anilines is 1. The van der Waals surface area contributed by atoms with Gasteiger partial charge in [-0.25, -0.2) is 14.8 Å². The molecule has 1 aliphatic carbocycles. The van der Waals surface area contributed by atoms with E-state index in [0.29, 0.717) is 18.3 Å². The lowest BCUT2D eigenvalue weighted by Crippen LogP contribution is -2.09. The molecule has 2 aromatic heterocycles. The summed E-state index contributed by atoms with van der Waals surface area (Å²) in [7, 11) is 0. The summed E-state index contributed by atoms with van der Waals surface area (Å²) >= 11 is 1.73. The molecule has 0 atom stereocenters. The van der Waals surface area contributed by atoms with Gasteiger partial charge in [0.1, 0.15) is 5.82 Å². The van der Waals surface area contributed by atoms with Crippen molar-refractivity contribution in [1.29, 1.82) is 0 Å². The number of aromatic nitrogens is 2. The number of aromatic carboxylic acids is 1. The van der Waals surface area contributed by atoms with Crippen LogP contribution in [0.1, 0.15) is 46.2 Å². The number of pyridine rings is 1. The number of carboxylic acid groups (broad SMARTS) is 1. The summed E-state index contributed by atoms with van der Waals surface area (Å²) < 4.78 is 0. The second kappa shape index (κ2) is 5.58. The Hall–Kier alpha value is -1.95. The number of hydrogen-bond donors (Lipinski definition) is 2. The van der Waals surface area contributed by atoms with E-state index in [1.165, 1.54) is 30.5 Å². The average molecular weight is 289 g/mol. The molecule has 1 saturated carbocycles. The Kier molecular flexibility index (Phi) is 3.64. The quantitative estimate of drug-likeness (QED) is 0.884. The van der Waals surface area contributed by atoms with Gasteiger partial charge in [0.05, 0.1) is 22.8 Å². The second-order valence-electron chi connectivity index (χ2n) is 4.90. The van der Waals surface area contributed by atoms with Crippen molar-refractivity contribution >= 4 is 23.1 Å². The molecule has 1 aliphatic rings. The second-order valence-corrected chi connectivity index (χ2v) is 5.79. The van der Waals surface area contributed by atoms with Crippen molar-refractivity contribution < 1.29 is 9.90 Å². The molecule has 2 aromatic rings. The summed E-state index contributed by atoms with van der Waals surface area (Å²) in [6.45, 7) is 0.614. The van der Waals surface area contributed by atoms with Gasteiger partial charge in [0.15, 0.2) is 0 Å². The van der Waals surface area contributed by atoms with Gasteiger partial charge < -0.3 is 10.4 Å². The van der Waals surface area contributed by atoms with Crippen LogP contribution in [0.3, 0.4) is 0 Å². The fourth-order valence-electron chi connectivity index (χ4n) is 2.05. The van der Waals surface area contributed by atoms with Crippen LogP contribution in [-0.2, 0) is 6.54 Å². The van der Waals surface area contributed by atoms with Crippen molar-refractivity contribution in [2.45, 2.75) is 31.7 Å². The van der Waals surface area contributed by atoms with Crippen LogP contribution in [0.4, 0.5) is 5.82 Å². The Bertz CT molecular complexity index is 605. The average Bonchev–Trinajstić information content (AvgIpc) is 2.83. The highest BCUT2D eigenvalue weighted by molar-refractivity contribution is 7.09. The zero-order valence-corrected chi connectivity index (χ0v) is 11.7. The molecule has 1 fully saturated rings. The van der Waals surface area contributed by atoms with Crippen molar-refractivity contribution in [2.75, 3.05) is 5.32 Å². The number of hydrogen-bond acceptors (Lipinski definition) is 5. The van der Waals surface area contributed by atoms with Crippen molar-refractivity contribution in [3.8, 4) is 0 Å². The maximum absolute atomic E-state index is 10.7. The number of rotatable bonds is 5. The van der Waals surface area contributed by atoms with Crippen LogP contribution < -0.4 is 5.32 Å². The number of carbonyl (C=O) groups is 1. The molecule has 0 radical (unpaired) electrons. The van der Waals surface area contributed by atoms with E-state index in [2.05, 4.69) is 20.7 Å². The van der Waals surface area contributed by atoms with E-state index in [0.717, 1.165) is 5.69 Å². The number of carboxylic acids is 1. The molecule has 5 nitrogen and oxygen atoms in total. The molecule has 104 valence electrons. The SMILES string of the molecule is O=C(O)c1ccc(NCc2csc(C3CCC3)n2)nc1. The molecule has 6 heteroatoms. The van der Waals surface area contributed by atoms with E-state index in [1.807, 2.05) is 0 Å². The maximum atomic E-state index is 10.7. The summed E-state index contributed by atoms with van der Waals surface area (Å²) in [6.07, 6.45) is 5.19. The number of nitrogens with one attached hydrogen (secondary N) is 1.